The van der Waals surface area contributed by atoms with Crippen LogP contribution in [0.5, 0.6) is 5.75 Å². The number of rotatable bonds is 4. The van der Waals surface area contributed by atoms with Gasteiger partial charge in [-0.2, -0.15) is 0 Å². The highest BCUT2D eigenvalue weighted by Crippen LogP contribution is 2.21. The summed E-state index contributed by atoms with van der Waals surface area (Å²) in [7, 11) is 0. The van der Waals surface area contributed by atoms with E-state index < -0.39 is 18.1 Å². The molecule has 1 amide bonds. The van der Waals surface area contributed by atoms with Crippen LogP contribution in [0.2, 0.25) is 0 Å². The molecule has 2 rings (SSSR count). The van der Waals surface area contributed by atoms with Crippen molar-refractivity contribution in [1.82, 2.24) is 5.32 Å². The number of ether oxygens (including phenoxy) is 2. The molecule has 1 saturated heterocycles. The molecule has 0 saturated carbocycles. The molecule has 0 bridgehead atoms. The molecule has 2 unspecified atom stereocenters. The zero-order chi connectivity index (χ0) is 16.8. The summed E-state index contributed by atoms with van der Waals surface area (Å²) >= 11 is 0. The molecule has 1 aliphatic rings. The predicted octanol–water partition coefficient (Wildman–Crippen LogP) is 1.26. The quantitative estimate of drug-likeness (QED) is 0.491. The highest BCUT2D eigenvalue weighted by molar-refractivity contribution is 6.01. The normalized spacial score (nSPS) is 21.0. The molecule has 0 spiro atoms. The molecular weight excluding hydrogens is 300 g/mol. The molecule has 0 radical (unpaired) electrons. The average molecular weight is 320 g/mol. The molecular formula is C16H20N2O5. The molecule has 7 heteroatoms. The Morgan fingerprint density at radius 2 is 2.00 bits per heavy atom. The van der Waals surface area contributed by atoms with Crippen LogP contribution in [0.15, 0.2) is 24.3 Å². The van der Waals surface area contributed by atoms with E-state index in [-0.39, 0.29) is 24.0 Å². The molecule has 1 fully saturated rings. The van der Waals surface area contributed by atoms with E-state index in [2.05, 4.69) is 10.1 Å². The van der Waals surface area contributed by atoms with Crippen LogP contribution in [-0.2, 0) is 9.53 Å². The molecule has 2 atom stereocenters. The topological polar surface area (TPSA) is 108 Å². The number of benzene rings is 1. The van der Waals surface area contributed by atoms with Crippen LogP contribution >= 0.6 is 0 Å². The van der Waals surface area contributed by atoms with Crippen LogP contribution < -0.4 is 15.8 Å². The lowest BCUT2D eigenvalue weighted by atomic mass is 9.88. The van der Waals surface area contributed by atoms with Crippen molar-refractivity contribution in [2.45, 2.75) is 25.8 Å². The van der Waals surface area contributed by atoms with Gasteiger partial charge in [-0.1, -0.05) is 0 Å². The maximum Gasteiger partial charge on any atom is 0.513 e. The number of nitrogens with one attached hydrogen (secondary N) is 1. The monoisotopic (exact) mass is 320 g/mol. The largest absolute Gasteiger partial charge is 0.513 e. The van der Waals surface area contributed by atoms with Gasteiger partial charge in [-0.3, -0.25) is 9.59 Å². The third kappa shape index (κ3) is 4.29. The molecule has 1 aromatic rings. The van der Waals surface area contributed by atoms with Crippen molar-refractivity contribution in [2.75, 3.05) is 13.2 Å². The van der Waals surface area contributed by atoms with Gasteiger partial charge in [-0.25, -0.2) is 4.79 Å². The summed E-state index contributed by atoms with van der Waals surface area (Å²) < 4.78 is 9.60. The summed E-state index contributed by atoms with van der Waals surface area (Å²) in [5.41, 5.74) is 6.30. The van der Waals surface area contributed by atoms with E-state index in [0.717, 1.165) is 0 Å². The number of Topliss-reactive ketones (excluding diaryl/α,β-unsaturated/α-hetero) is 1. The Labute approximate surface area is 134 Å². The Hall–Kier alpha value is -2.41. The van der Waals surface area contributed by atoms with Crippen molar-refractivity contribution in [3.05, 3.63) is 29.8 Å². The molecule has 1 heterocycles. The van der Waals surface area contributed by atoms with Crippen LogP contribution in [0.25, 0.3) is 0 Å². The van der Waals surface area contributed by atoms with Crippen molar-refractivity contribution in [1.29, 1.82) is 0 Å². The van der Waals surface area contributed by atoms with E-state index in [1.165, 1.54) is 12.1 Å². The minimum absolute atomic E-state index is 0.183. The lowest BCUT2D eigenvalue weighted by Gasteiger charge is -2.18. The third-order valence-corrected chi connectivity index (χ3v) is 3.67. The molecule has 0 aromatic heterocycles. The maximum atomic E-state index is 12.6. The molecule has 0 aliphatic carbocycles. The molecule has 1 aliphatic heterocycles. The Kier molecular flexibility index (Phi) is 5.70. The molecule has 7 nitrogen and oxygen atoms in total. The second kappa shape index (κ2) is 7.73. The fourth-order valence-corrected chi connectivity index (χ4v) is 2.45. The first-order valence-corrected chi connectivity index (χ1v) is 7.55. The number of nitrogens with two attached hydrogens (primary N) is 1. The minimum Gasteiger partial charge on any atom is -0.434 e. The number of hydrogen-bond donors (Lipinski definition) is 2. The summed E-state index contributed by atoms with van der Waals surface area (Å²) in [5, 5.41) is 2.69. The summed E-state index contributed by atoms with van der Waals surface area (Å²) in [6.45, 7) is 2.43. The first-order valence-electron chi connectivity index (χ1n) is 7.55. The van der Waals surface area contributed by atoms with E-state index in [1.54, 1.807) is 19.1 Å². The van der Waals surface area contributed by atoms with Crippen LogP contribution in [0, 0.1) is 5.92 Å². The lowest BCUT2D eigenvalue weighted by molar-refractivity contribution is -0.122. The van der Waals surface area contributed by atoms with E-state index in [1.807, 2.05) is 0 Å². The standard InChI is InChI=1S/C16H20N2O5/c1-2-22-16(21)23-11-7-5-10(6-8-11)14(19)12-4-3-9-18-15(20)13(12)17/h5-8,12-13H,2-4,9,17H2,1H3,(H,18,20). The van der Waals surface area contributed by atoms with Crippen molar-refractivity contribution >= 4 is 17.8 Å². The second-order valence-electron chi connectivity index (χ2n) is 5.24. The Bertz CT molecular complexity index is 585. The summed E-state index contributed by atoms with van der Waals surface area (Å²) in [5.74, 6) is -0.752. The average Bonchev–Trinajstić information content (AvgIpc) is 2.70. The number of carbonyl (C=O) groups is 3. The van der Waals surface area contributed by atoms with E-state index >= 15 is 0 Å². The number of carbonyl (C=O) groups excluding carboxylic acids is 3. The van der Waals surface area contributed by atoms with Gasteiger partial charge in [-0.15, -0.1) is 0 Å². The molecule has 3 N–H and O–H groups in total. The zero-order valence-corrected chi connectivity index (χ0v) is 12.9. The van der Waals surface area contributed by atoms with E-state index in [4.69, 9.17) is 10.5 Å². The first-order chi connectivity index (χ1) is 11.0. The van der Waals surface area contributed by atoms with Crippen LogP contribution in [-0.4, -0.2) is 37.0 Å². The predicted molar refractivity (Wildman–Crippen MR) is 82.1 cm³/mol. The zero-order valence-electron chi connectivity index (χ0n) is 12.9. The van der Waals surface area contributed by atoms with Crippen molar-refractivity contribution < 1.29 is 23.9 Å². The Morgan fingerprint density at radius 3 is 2.65 bits per heavy atom. The highest BCUT2D eigenvalue weighted by atomic mass is 16.7. The van der Waals surface area contributed by atoms with Gasteiger partial charge in [0.05, 0.1) is 12.6 Å². The van der Waals surface area contributed by atoms with Crippen LogP contribution in [0.4, 0.5) is 4.79 Å². The smallest absolute Gasteiger partial charge is 0.434 e. The van der Waals surface area contributed by atoms with Gasteiger partial charge in [0.25, 0.3) is 0 Å². The highest BCUT2D eigenvalue weighted by Gasteiger charge is 2.32. The van der Waals surface area contributed by atoms with Crippen molar-refractivity contribution in [3.63, 3.8) is 0 Å². The summed E-state index contributed by atoms with van der Waals surface area (Å²) in [6.07, 6.45) is 0.466. The number of ketones is 1. The van der Waals surface area contributed by atoms with Crippen LogP contribution in [0.3, 0.4) is 0 Å². The first kappa shape index (κ1) is 17.0. The van der Waals surface area contributed by atoms with Gasteiger partial charge in [0.1, 0.15) is 5.75 Å². The second-order valence-corrected chi connectivity index (χ2v) is 5.24. The van der Waals surface area contributed by atoms with Gasteiger partial charge in [0.15, 0.2) is 5.78 Å². The van der Waals surface area contributed by atoms with Gasteiger partial charge >= 0.3 is 6.16 Å². The van der Waals surface area contributed by atoms with Gasteiger partial charge < -0.3 is 20.5 Å². The number of amides is 1. The number of hydrogen-bond acceptors (Lipinski definition) is 6. The van der Waals surface area contributed by atoms with Gasteiger partial charge in [0.2, 0.25) is 5.91 Å². The molecule has 1 aromatic carbocycles. The van der Waals surface area contributed by atoms with E-state index in [0.29, 0.717) is 24.9 Å². The van der Waals surface area contributed by atoms with E-state index in [9.17, 15) is 14.4 Å². The summed E-state index contributed by atoms with van der Waals surface area (Å²) in [4.78, 5) is 35.5. The minimum atomic E-state index is -0.847. The van der Waals surface area contributed by atoms with Gasteiger partial charge in [0, 0.05) is 18.0 Å². The fourth-order valence-electron chi connectivity index (χ4n) is 2.45. The van der Waals surface area contributed by atoms with Crippen molar-refractivity contribution in [3.8, 4) is 5.75 Å². The molecule has 124 valence electrons. The lowest BCUT2D eigenvalue weighted by Crippen LogP contribution is -2.45. The van der Waals surface area contributed by atoms with Crippen LogP contribution in [0.1, 0.15) is 30.1 Å². The molecule has 23 heavy (non-hydrogen) atoms. The van der Waals surface area contributed by atoms with Crippen molar-refractivity contribution in [2.24, 2.45) is 11.7 Å². The Balaban J connectivity index is 2.07. The SMILES string of the molecule is CCOC(=O)Oc1ccc(C(=O)C2CCCNC(=O)C2N)cc1. The summed E-state index contributed by atoms with van der Waals surface area (Å²) in [6, 6.07) is 5.26. The maximum absolute atomic E-state index is 12.6. The van der Waals surface area contributed by atoms with Gasteiger partial charge in [-0.05, 0) is 44.0 Å². The Morgan fingerprint density at radius 1 is 1.30 bits per heavy atom. The fraction of sp³-hybridized carbons (Fsp3) is 0.438. The third-order valence-electron chi connectivity index (χ3n) is 3.67.